The first kappa shape index (κ1) is 37.8. The van der Waals surface area contributed by atoms with Crippen molar-refractivity contribution in [3.05, 3.63) is 76.0 Å². The molecule has 0 radical (unpaired) electrons. The minimum absolute atomic E-state index is 0.0160. The minimum atomic E-state index is -5.13. The van der Waals surface area contributed by atoms with Crippen molar-refractivity contribution >= 4 is 23.7 Å². The lowest BCUT2D eigenvalue weighted by atomic mass is 9.82. The Morgan fingerprint density at radius 1 is 1.02 bits per heavy atom. The zero-order valence-corrected chi connectivity index (χ0v) is 27.3. The monoisotopic (exact) mass is 712 g/mol. The van der Waals surface area contributed by atoms with Gasteiger partial charge in [-0.25, -0.2) is 19.7 Å². The van der Waals surface area contributed by atoms with Crippen molar-refractivity contribution in [2.24, 2.45) is 5.73 Å². The molecule has 3 N–H and O–H groups in total. The number of benzene rings is 1. The average molecular weight is 713 g/mol. The summed E-state index contributed by atoms with van der Waals surface area (Å²) in [5.74, 6) is -3.03. The van der Waals surface area contributed by atoms with Crippen LogP contribution in [0.5, 0.6) is 5.88 Å². The van der Waals surface area contributed by atoms with Crippen LogP contribution in [0.25, 0.3) is 0 Å². The van der Waals surface area contributed by atoms with E-state index in [0.29, 0.717) is 18.6 Å². The normalized spacial score (nSPS) is 17.6. The van der Waals surface area contributed by atoms with E-state index in [9.17, 15) is 40.7 Å². The molecular weight excluding hydrogens is 678 g/mol. The van der Waals surface area contributed by atoms with Gasteiger partial charge in [-0.15, -0.1) is 0 Å². The third kappa shape index (κ3) is 8.06. The molecule has 0 bridgehead atoms. The van der Waals surface area contributed by atoms with Gasteiger partial charge in [0.15, 0.2) is 0 Å². The quantitative estimate of drug-likeness (QED) is 0.265. The second-order valence-corrected chi connectivity index (χ2v) is 11.4. The van der Waals surface area contributed by atoms with Crippen molar-refractivity contribution < 1.29 is 55.3 Å². The van der Waals surface area contributed by atoms with Gasteiger partial charge in [-0.3, -0.25) is 14.5 Å². The molecule has 12 nitrogen and oxygen atoms in total. The first-order valence-electron chi connectivity index (χ1n) is 15.3. The van der Waals surface area contributed by atoms with E-state index >= 15 is 0 Å². The van der Waals surface area contributed by atoms with Crippen LogP contribution in [-0.4, -0.2) is 82.3 Å². The number of halogens is 6. The molecule has 3 aromatic rings. The molecule has 1 aliphatic heterocycles. The summed E-state index contributed by atoms with van der Waals surface area (Å²) in [5.41, 5.74) is 3.05. The van der Waals surface area contributed by atoms with E-state index < -0.39 is 77.9 Å². The Bertz CT molecular complexity index is 1720. The summed E-state index contributed by atoms with van der Waals surface area (Å²) in [4.78, 5) is 53.5. The van der Waals surface area contributed by atoms with E-state index in [1.165, 1.54) is 25.1 Å². The molecule has 0 saturated heterocycles. The predicted molar refractivity (Wildman–Crippen MR) is 165 cm³/mol. The molecule has 2 aromatic heterocycles. The number of hydrogen-bond acceptors (Lipinski definition) is 9. The molecule has 3 atom stereocenters. The number of nitrogens with two attached hydrogens (primary N) is 1. The maximum absolute atomic E-state index is 13.7. The molecule has 1 aromatic carbocycles. The average Bonchev–Trinajstić information content (AvgIpc) is 3.05. The van der Waals surface area contributed by atoms with Gasteiger partial charge in [-0.1, -0.05) is 6.92 Å². The lowest BCUT2D eigenvalue weighted by Crippen LogP contribution is -2.57. The summed E-state index contributed by atoms with van der Waals surface area (Å²) in [6, 6.07) is 2.40. The van der Waals surface area contributed by atoms with Gasteiger partial charge < -0.3 is 25.2 Å². The number of carboxylic acid groups (broad SMARTS) is 1. The molecule has 3 heterocycles. The summed E-state index contributed by atoms with van der Waals surface area (Å²) in [7, 11) is 2.62. The molecule has 50 heavy (non-hydrogen) atoms. The Balaban J connectivity index is 1.94. The van der Waals surface area contributed by atoms with E-state index in [0.717, 1.165) is 11.1 Å². The molecule has 0 fully saturated rings. The van der Waals surface area contributed by atoms with E-state index in [1.54, 1.807) is 19.9 Å². The number of amides is 2. The number of carbonyl (C=O) groups is 3. The lowest BCUT2D eigenvalue weighted by Gasteiger charge is -2.43. The first-order valence-corrected chi connectivity index (χ1v) is 15.3. The number of alkyl halides is 6. The van der Waals surface area contributed by atoms with Gasteiger partial charge in [-0.05, 0) is 43.2 Å². The molecule has 18 heteroatoms. The highest BCUT2D eigenvalue weighted by Gasteiger charge is 2.45. The van der Waals surface area contributed by atoms with Crippen LogP contribution < -0.4 is 15.4 Å². The van der Waals surface area contributed by atoms with E-state index in [1.807, 2.05) is 0 Å². The maximum atomic E-state index is 13.7. The first-order chi connectivity index (χ1) is 23.4. The molecule has 4 rings (SSSR count). The number of pyridine rings is 1. The van der Waals surface area contributed by atoms with Gasteiger partial charge in [-0.2, -0.15) is 26.3 Å². The van der Waals surface area contributed by atoms with E-state index in [4.69, 9.17) is 20.3 Å². The molecule has 3 unspecified atom stereocenters. The summed E-state index contributed by atoms with van der Waals surface area (Å²) in [6.45, 7) is 3.17. The minimum Gasteiger partial charge on any atom is -0.481 e. The smallest absolute Gasteiger partial charge is 0.416 e. The molecule has 270 valence electrons. The van der Waals surface area contributed by atoms with Gasteiger partial charge in [0.05, 0.1) is 65.9 Å². The Hall–Kier alpha value is -5.00. The van der Waals surface area contributed by atoms with Crippen LogP contribution in [-0.2, 0) is 28.3 Å². The maximum Gasteiger partial charge on any atom is 0.416 e. The van der Waals surface area contributed by atoms with Gasteiger partial charge in [0.1, 0.15) is 5.82 Å². The standard InChI is InChI=1S/C32H34F6N6O6/c1-5-21-26(39)25(27-22(7-8-23(42-27)49-4)44(21)30(48)50-6-2)28-40-15-19(29(47)43(3)10-9-24(45)46)20(41-28)13-16-11-17(31(33,34)35)14-18(12-16)32(36,37)38/h7-8,11-12,14-15,21,25-26H,5-6,9-10,13,39H2,1-4H3,(H,45,46). The fourth-order valence-electron chi connectivity index (χ4n) is 5.71. The predicted octanol–water partition coefficient (Wildman–Crippen LogP) is 5.27. The van der Waals surface area contributed by atoms with Crippen LogP contribution in [0.2, 0.25) is 0 Å². The van der Waals surface area contributed by atoms with Crippen LogP contribution in [0.15, 0.2) is 36.5 Å². The van der Waals surface area contributed by atoms with Crippen molar-refractivity contribution in [2.75, 3.05) is 32.2 Å². The van der Waals surface area contributed by atoms with Crippen LogP contribution >= 0.6 is 0 Å². The number of carboxylic acids is 1. The molecule has 2 amide bonds. The van der Waals surface area contributed by atoms with Crippen molar-refractivity contribution in [1.29, 1.82) is 0 Å². The number of hydrogen-bond donors (Lipinski definition) is 2. The highest BCUT2D eigenvalue weighted by molar-refractivity contribution is 5.95. The van der Waals surface area contributed by atoms with Gasteiger partial charge in [0.25, 0.3) is 5.91 Å². The van der Waals surface area contributed by atoms with Crippen molar-refractivity contribution in [3.8, 4) is 5.88 Å². The highest BCUT2D eigenvalue weighted by atomic mass is 19.4. The summed E-state index contributed by atoms with van der Waals surface area (Å²) in [6.07, 6.45) is -10.8. The van der Waals surface area contributed by atoms with Crippen LogP contribution in [0.3, 0.4) is 0 Å². The zero-order chi connectivity index (χ0) is 37.1. The van der Waals surface area contributed by atoms with Gasteiger partial charge >= 0.3 is 24.4 Å². The number of ether oxygens (including phenoxy) is 2. The van der Waals surface area contributed by atoms with E-state index in [-0.39, 0.29) is 53.6 Å². The number of carbonyl (C=O) groups excluding carboxylic acids is 2. The summed E-state index contributed by atoms with van der Waals surface area (Å²) < 4.78 is 92.9. The second kappa shape index (κ2) is 14.9. The highest BCUT2D eigenvalue weighted by Crippen LogP contribution is 2.42. The third-order valence-corrected chi connectivity index (χ3v) is 8.11. The molecule has 1 aliphatic rings. The SMILES string of the molecule is CCOC(=O)N1c2ccc(OC)nc2C(c2ncc(C(=O)N(C)CCC(=O)O)c(Cc3cc(C(F)(F)F)cc(C(F)(F)F)c3)n2)C(N)C1CC. The Labute approximate surface area is 282 Å². The molecule has 0 aliphatic carbocycles. The number of rotatable bonds is 10. The lowest BCUT2D eigenvalue weighted by molar-refractivity contribution is -0.143. The fraction of sp³-hybridized carbons (Fsp3) is 0.438. The van der Waals surface area contributed by atoms with Gasteiger partial charge in [0.2, 0.25) is 5.88 Å². The number of aromatic nitrogens is 3. The van der Waals surface area contributed by atoms with E-state index in [2.05, 4.69) is 15.0 Å². The number of fused-ring (bicyclic) bond motifs is 1. The topological polar surface area (TPSA) is 161 Å². The zero-order valence-electron chi connectivity index (χ0n) is 27.3. The third-order valence-electron chi connectivity index (χ3n) is 8.11. The molecule has 0 saturated carbocycles. The second-order valence-electron chi connectivity index (χ2n) is 11.4. The molecule has 0 spiro atoms. The van der Waals surface area contributed by atoms with Crippen molar-refractivity contribution in [2.45, 2.75) is 63.5 Å². The van der Waals surface area contributed by atoms with Crippen molar-refractivity contribution in [3.63, 3.8) is 0 Å². The number of anilines is 1. The van der Waals surface area contributed by atoms with Crippen LogP contribution in [0, 0.1) is 0 Å². The Kier molecular flexibility index (Phi) is 11.2. The Morgan fingerprint density at radius 2 is 1.66 bits per heavy atom. The summed E-state index contributed by atoms with van der Waals surface area (Å²) >= 11 is 0. The Morgan fingerprint density at radius 3 is 2.20 bits per heavy atom. The van der Waals surface area contributed by atoms with Gasteiger partial charge in [0, 0.05) is 38.3 Å². The van der Waals surface area contributed by atoms with Crippen molar-refractivity contribution in [1.82, 2.24) is 19.9 Å². The summed E-state index contributed by atoms with van der Waals surface area (Å²) in [5, 5.41) is 9.09. The number of aliphatic carboxylic acids is 1. The number of methoxy groups -OCH3 is 1. The fourth-order valence-corrected chi connectivity index (χ4v) is 5.71. The van der Waals surface area contributed by atoms with Crippen LogP contribution in [0.4, 0.5) is 36.8 Å². The largest absolute Gasteiger partial charge is 0.481 e. The number of nitrogens with zero attached hydrogens (tertiary/aromatic N) is 5. The molecular formula is C32H34F6N6O6. The van der Waals surface area contributed by atoms with Crippen LogP contribution in [0.1, 0.15) is 76.9 Å².